The van der Waals surface area contributed by atoms with Gasteiger partial charge in [0.2, 0.25) is 0 Å². The number of carbonyl (C=O) groups is 1. The first-order valence-corrected chi connectivity index (χ1v) is 8.68. The van der Waals surface area contributed by atoms with E-state index in [0.29, 0.717) is 18.8 Å². The quantitative estimate of drug-likeness (QED) is 0.935. The van der Waals surface area contributed by atoms with Gasteiger partial charge in [0.25, 0.3) is 5.91 Å². The van der Waals surface area contributed by atoms with E-state index >= 15 is 0 Å². The third-order valence-electron chi connectivity index (χ3n) is 3.71. The Morgan fingerprint density at radius 1 is 1.39 bits per heavy atom. The highest BCUT2D eigenvalue weighted by molar-refractivity contribution is 7.13. The SMILES string of the molecule is CC(C)Oc1ccc(-c2nc(C(=O)N3CC[C@@H](N)C3)cs2)cc1. The predicted octanol–water partition coefficient (Wildman–Crippen LogP) is 2.77. The van der Waals surface area contributed by atoms with Gasteiger partial charge in [-0.1, -0.05) is 0 Å². The fourth-order valence-corrected chi connectivity index (χ4v) is 3.39. The maximum atomic E-state index is 12.4. The Bertz CT molecular complexity index is 681. The van der Waals surface area contributed by atoms with Crippen LogP contribution < -0.4 is 10.5 Å². The Hall–Kier alpha value is -1.92. The van der Waals surface area contributed by atoms with Gasteiger partial charge in [0.15, 0.2) is 0 Å². The van der Waals surface area contributed by atoms with Crippen LogP contribution in [0.15, 0.2) is 29.6 Å². The highest BCUT2D eigenvalue weighted by Gasteiger charge is 2.26. The van der Waals surface area contributed by atoms with Crippen molar-refractivity contribution in [2.45, 2.75) is 32.4 Å². The van der Waals surface area contributed by atoms with Crippen LogP contribution in [0.4, 0.5) is 0 Å². The molecule has 6 heteroatoms. The van der Waals surface area contributed by atoms with Crippen molar-refractivity contribution in [3.63, 3.8) is 0 Å². The molecular formula is C17H21N3O2S. The summed E-state index contributed by atoms with van der Waals surface area (Å²) >= 11 is 1.48. The second kappa shape index (κ2) is 6.68. The molecule has 2 aromatic rings. The molecule has 1 aromatic carbocycles. The van der Waals surface area contributed by atoms with E-state index < -0.39 is 0 Å². The zero-order chi connectivity index (χ0) is 16.4. The smallest absolute Gasteiger partial charge is 0.273 e. The van der Waals surface area contributed by atoms with Gasteiger partial charge in [-0.3, -0.25) is 4.79 Å². The van der Waals surface area contributed by atoms with Gasteiger partial charge in [-0.05, 0) is 44.5 Å². The summed E-state index contributed by atoms with van der Waals surface area (Å²) in [7, 11) is 0. The molecule has 5 nitrogen and oxygen atoms in total. The summed E-state index contributed by atoms with van der Waals surface area (Å²) in [6.07, 6.45) is 1.01. The highest BCUT2D eigenvalue weighted by atomic mass is 32.1. The minimum atomic E-state index is -0.0276. The van der Waals surface area contributed by atoms with Crippen molar-refractivity contribution in [2.24, 2.45) is 5.73 Å². The van der Waals surface area contributed by atoms with E-state index in [-0.39, 0.29) is 18.1 Å². The second-order valence-electron chi connectivity index (χ2n) is 6.03. The lowest BCUT2D eigenvalue weighted by molar-refractivity contribution is 0.0786. The van der Waals surface area contributed by atoms with Crippen LogP contribution in [0, 0.1) is 0 Å². The number of benzene rings is 1. The Morgan fingerprint density at radius 2 is 2.13 bits per heavy atom. The van der Waals surface area contributed by atoms with Crippen LogP contribution >= 0.6 is 11.3 Å². The van der Waals surface area contributed by atoms with Gasteiger partial charge in [0.1, 0.15) is 16.5 Å². The fourth-order valence-electron chi connectivity index (χ4n) is 2.59. The van der Waals surface area contributed by atoms with Crippen LogP contribution in [0.5, 0.6) is 5.75 Å². The van der Waals surface area contributed by atoms with Crippen LogP contribution in [-0.2, 0) is 0 Å². The van der Waals surface area contributed by atoms with Crippen LogP contribution in [0.3, 0.4) is 0 Å². The molecule has 1 fully saturated rings. The minimum Gasteiger partial charge on any atom is -0.491 e. The number of nitrogens with two attached hydrogens (primary N) is 1. The van der Waals surface area contributed by atoms with E-state index in [4.69, 9.17) is 10.5 Å². The summed E-state index contributed by atoms with van der Waals surface area (Å²) < 4.78 is 5.64. The highest BCUT2D eigenvalue weighted by Crippen LogP contribution is 2.27. The van der Waals surface area contributed by atoms with Crippen LogP contribution in [0.1, 0.15) is 30.8 Å². The fraction of sp³-hybridized carbons (Fsp3) is 0.412. The van der Waals surface area contributed by atoms with Gasteiger partial charge in [0.05, 0.1) is 6.10 Å². The lowest BCUT2D eigenvalue weighted by Crippen LogP contribution is -2.32. The van der Waals surface area contributed by atoms with Crippen molar-refractivity contribution >= 4 is 17.2 Å². The number of hydrogen-bond donors (Lipinski definition) is 1. The zero-order valence-electron chi connectivity index (χ0n) is 13.4. The molecule has 1 aliphatic heterocycles. The molecule has 122 valence electrons. The van der Waals surface area contributed by atoms with Gasteiger partial charge >= 0.3 is 0 Å². The zero-order valence-corrected chi connectivity index (χ0v) is 14.2. The number of likely N-dealkylation sites (tertiary alicyclic amines) is 1. The first kappa shape index (κ1) is 16.0. The lowest BCUT2D eigenvalue weighted by Gasteiger charge is -2.13. The van der Waals surface area contributed by atoms with E-state index in [1.807, 2.05) is 43.5 Å². The minimum absolute atomic E-state index is 0.0276. The Morgan fingerprint density at radius 3 is 2.74 bits per heavy atom. The first-order chi connectivity index (χ1) is 11.0. The maximum Gasteiger partial charge on any atom is 0.273 e. The molecule has 1 aromatic heterocycles. The largest absolute Gasteiger partial charge is 0.491 e. The van der Waals surface area contributed by atoms with E-state index in [9.17, 15) is 4.79 Å². The van der Waals surface area contributed by atoms with Crippen molar-refractivity contribution in [1.29, 1.82) is 0 Å². The molecule has 0 aliphatic carbocycles. The number of nitrogens with zero attached hydrogens (tertiary/aromatic N) is 2. The van der Waals surface area contributed by atoms with E-state index in [1.54, 1.807) is 4.90 Å². The normalized spacial score (nSPS) is 17.7. The summed E-state index contributed by atoms with van der Waals surface area (Å²) in [6.45, 7) is 5.33. The van der Waals surface area contributed by atoms with Gasteiger partial charge in [0, 0.05) is 30.1 Å². The monoisotopic (exact) mass is 331 g/mol. The number of amides is 1. The number of hydrogen-bond acceptors (Lipinski definition) is 5. The van der Waals surface area contributed by atoms with Crippen molar-refractivity contribution < 1.29 is 9.53 Å². The van der Waals surface area contributed by atoms with Crippen LogP contribution in [-0.4, -0.2) is 41.0 Å². The average molecular weight is 331 g/mol. The topological polar surface area (TPSA) is 68.5 Å². The molecule has 0 saturated carbocycles. The van der Waals surface area contributed by atoms with Crippen LogP contribution in [0.2, 0.25) is 0 Å². The molecular weight excluding hydrogens is 310 g/mol. The van der Waals surface area contributed by atoms with E-state index in [2.05, 4.69) is 4.98 Å². The number of rotatable bonds is 4. The number of aromatic nitrogens is 1. The predicted molar refractivity (Wildman–Crippen MR) is 91.8 cm³/mol. The number of ether oxygens (including phenoxy) is 1. The molecule has 0 bridgehead atoms. The Labute approximate surface area is 140 Å². The Balaban J connectivity index is 1.72. The summed E-state index contributed by atoms with van der Waals surface area (Å²) in [6, 6.07) is 7.88. The van der Waals surface area contributed by atoms with Crippen molar-refractivity contribution in [3.05, 3.63) is 35.3 Å². The summed E-state index contributed by atoms with van der Waals surface area (Å²) in [5.41, 5.74) is 7.35. The van der Waals surface area contributed by atoms with Gasteiger partial charge in [-0.2, -0.15) is 0 Å². The van der Waals surface area contributed by atoms with Crippen molar-refractivity contribution in [1.82, 2.24) is 9.88 Å². The molecule has 1 saturated heterocycles. The molecule has 2 N–H and O–H groups in total. The molecule has 0 unspecified atom stereocenters. The summed E-state index contributed by atoms with van der Waals surface area (Å²) in [5, 5.41) is 2.66. The summed E-state index contributed by atoms with van der Waals surface area (Å²) in [4.78, 5) is 18.7. The van der Waals surface area contributed by atoms with Gasteiger partial charge in [-0.25, -0.2) is 4.98 Å². The van der Waals surface area contributed by atoms with Gasteiger partial charge in [-0.15, -0.1) is 11.3 Å². The molecule has 1 amide bonds. The lowest BCUT2D eigenvalue weighted by atomic mass is 10.2. The summed E-state index contributed by atoms with van der Waals surface area (Å²) in [5.74, 6) is 0.808. The van der Waals surface area contributed by atoms with E-state index in [1.165, 1.54) is 11.3 Å². The van der Waals surface area contributed by atoms with E-state index in [0.717, 1.165) is 22.7 Å². The number of thiazole rings is 1. The third kappa shape index (κ3) is 3.71. The molecule has 2 heterocycles. The van der Waals surface area contributed by atoms with Crippen LogP contribution in [0.25, 0.3) is 10.6 Å². The second-order valence-corrected chi connectivity index (χ2v) is 6.89. The molecule has 3 rings (SSSR count). The molecule has 1 aliphatic rings. The average Bonchev–Trinajstić information content (AvgIpc) is 3.16. The Kier molecular flexibility index (Phi) is 4.63. The van der Waals surface area contributed by atoms with Gasteiger partial charge < -0.3 is 15.4 Å². The number of carbonyl (C=O) groups excluding carboxylic acids is 1. The third-order valence-corrected chi connectivity index (χ3v) is 4.60. The molecule has 23 heavy (non-hydrogen) atoms. The maximum absolute atomic E-state index is 12.4. The molecule has 0 radical (unpaired) electrons. The first-order valence-electron chi connectivity index (χ1n) is 7.80. The standard InChI is InChI=1S/C17H21N3O2S/c1-11(2)22-14-5-3-12(4-6-14)16-19-15(10-23-16)17(21)20-8-7-13(18)9-20/h3-6,10-11,13H,7-9,18H2,1-2H3/t13-/m1/s1. The molecule has 0 spiro atoms. The molecule has 1 atom stereocenters. The van der Waals surface area contributed by atoms with Crippen molar-refractivity contribution in [2.75, 3.05) is 13.1 Å². The van der Waals surface area contributed by atoms with Crippen molar-refractivity contribution in [3.8, 4) is 16.3 Å².